The van der Waals surface area contributed by atoms with Gasteiger partial charge in [0.05, 0.1) is 5.69 Å². The van der Waals surface area contributed by atoms with Gasteiger partial charge in [-0.05, 0) is 38.5 Å². The number of nitrogens with zero attached hydrogens (tertiary/aromatic N) is 1. The van der Waals surface area contributed by atoms with E-state index < -0.39 is 0 Å². The van der Waals surface area contributed by atoms with Crippen molar-refractivity contribution in [3.63, 3.8) is 0 Å². The first-order chi connectivity index (χ1) is 7.56. The van der Waals surface area contributed by atoms with Crippen LogP contribution in [-0.4, -0.2) is 9.97 Å². The number of aromatic amines is 1. The standard InChI is InChI=1S/C13H14N2O/c1-8-4-5-9(2)11(6-8)12-7-10(3)14-13(16)15-12/h4-7H,1-3H3,(H,14,15,16). The lowest BCUT2D eigenvalue weighted by Crippen LogP contribution is -2.12. The Balaban J connectivity index is 2.66. The Bertz CT molecular complexity index is 585. The molecule has 1 aromatic carbocycles. The number of hydrogen-bond acceptors (Lipinski definition) is 2. The lowest BCUT2D eigenvalue weighted by atomic mass is 10.0. The Morgan fingerprint density at radius 3 is 2.56 bits per heavy atom. The van der Waals surface area contributed by atoms with Crippen LogP contribution in [0.15, 0.2) is 29.1 Å². The van der Waals surface area contributed by atoms with Crippen molar-refractivity contribution in [1.29, 1.82) is 0 Å². The summed E-state index contributed by atoms with van der Waals surface area (Å²) < 4.78 is 0. The first-order valence-corrected chi connectivity index (χ1v) is 5.22. The van der Waals surface area contributed by atoms with E-state index in [0.717, 1.165) is 22.5 Å². The van der Waals surface area contributed by atoms with E-state index >= 15 is 0 Å². The molecule has 82 valence electrons. The molecule has 1 heterocycles. The van der Waals surface area contributed by atoms with Crippen molar-refractivity contribution >= 4 is 0 Å². The zero-order chi connectivity index (χ0) is 11.7. The topological polar surface area (TPSA) is 45.8 Å². The van der Waals surface area contributed by atoms with Gasteiger partial charge in [0, 0.05) is 11.3 Å². The van der Waals surface area contributed by atoms with Gasteiger partial charge in [-0.3, -0.25) is 0 Å². The summed E-state index contributed by atoms with van der Waals surface area (Å²) in [6.07, 6.45) is 0. The minimum atomic E-state index is -0.295. The van der Waals surface area contributed by atoms with Gasteiger partial charge in [0.15, 0.2) is 0 Å². The summed E-state index contributed by atoms with van der Waals surface area (Å²) >= 11 is 0. The SMILES string of the molecule is Cc1ccc(C)c(-c2cc(C)[nH]c(=O)n2)c1. The second-order valence-corrected chi connectivity index (χ2v) is 4.07. The lowest BCUT2D eigenvalue weighted by Gasteiger charge is -2.06. The van der Waals surface area contributed by atoms with Crippen LogP contribution >= 0.6 is 0 Å². The minimum Gasteiger partial charge on any atom is -0.310 e. The Morgan fingerprint density at radius 1 is 1.12 bits per heavy atom. The quantitative estimate of drug-likeness (QED) is 0.792. The van der Waals surface area contributed by atoms with Crippen LogP contribution in [0.25, 0.3) is 11.3 Å². The first kappa shape index (κ1) is 10.6. The highest BCUT2D eigenvalue weighted by Crippen LogP contribution is 2.21. The fourth-order valence-electron chi connectivity index (χ4n) is 1.73. The number of aryl methyl sites for hydroxylation is 3. The van der Waals surface area contributed by atoms with Gasteiger partial charge in [-0.2, -0.15) is 4.98 Å². The van der Waals surface area contributed by atoms with Crippen LogP contribution < -0.4 is 5.69 Å². The summed E-state index contributed by atoms with van der Waals surface area (Å²) in [5.41, 5.74) is 4.59. The van der Waals surface area contributed by atoms with E-state index in [9.17, 15) is 4.79 Å². The number of aromatic nitrogens is 2. The van der Waals surface area contributed by atoms with Crippen LogP contribution in [-0.2, 0) is 0 Å². The molecule has 0 unspecified atom stereocenters. The molecule has 0 amide bonds. The first-order valence-electron chi connectivity index (χ1n) is 5.22. The van der Waals surface area contributed by atoms with Gasteiger partial charge in [-0.25, -0.2) is 4.79 Å². The van der Waals surface area contributed by atoms with Gasteiger partial charge in [-0.15, -0.1) is 0 Å². The highest BCUT2D eigenvalue weighted by molar-refractivity contribution is 5.64. The number of nitrogens with one attached hydrogen (secondary N) is 1. The molecule has 0 fully saturated rings. The average Bonchev–Trinajstić information content (AvgIpc) is 2.20. The second-order valence-electron chi connectivity index (χ2n) is 4.07. The summed E-state index contributed by atoms with van der Waals surface area (Å²) in [7, 11) is 0. The normalized spacial score (nSPS) is 10.4. The molecule has 0 spiro atoms. The van der Waals surface area contributed by atoms with Gasteiger partial charge in [-0.1, -0.05) is 17.7 Å². The van der Waals surface area contributed by atoms with Crippen LogP contribution in [0.1, 0.15) is 16.8 Å². The van der Waals surface area contributed by atoms with Crippen LogP contribution in [0.3, 0.4) is 0 Å². The average molecular weight is 214 g/mol. The van der Waals surface area contributed by atoms with E-state index in [1.54, 1.807) is 0 Å². The summed E-state index contributed by atoms with van der Waals surface area (Å²) in [5.74, 6) is 0. The molecule has 1 aromatic heterocycles. The largest absolute Gasteiger partial charge is 0.345 e. The number of hydrogen-bond donors (Lipinski definition) is 1. The third-order valence-electron chi connectivity index (χ3n) is 2.55. The highest BCUT2D eigenvalue weighted by Gasteiger charge is 2.05. The molecule has 3 heteroatoms. The van der Waals surface area contributed by atoms with Crippen LogP contribution in [0.4, 0.5) is 0 Å². The monoisotopic (exact) mass is 214 g/mol. The third-order valence-corrected chi connectivity index (χ3v) is 2.55. The molecule has 0 radical (unpaired) electrons. The van der Waals surface area contributed by atoms with E-state index in [-0.39, 0.29) is 5.69 Å². The van der Waals surface area contributed by atoms with Crippen LogP contribution in [0.5, 0.6) is 0 Å². The van der Waals surface area contributed by atoms with Gasteiger partial charge in [0.25, 0.3) is 0 Å². The molecule has 0 atom stereocenters. The van der Waals surface area contributed by atoms with Gasteiger partial charge in [0.2, 0.25) is 0 Å². The van der Waals surface area contributed by atoms with Gasteiger partial charge in [0.1, 0.15) is 0 Å². The Morgan fingerprint density at radius 2 is 1.88 bits per heavy atom. The third kappa shape index (κ3) is 2.03. The van der Waals surface area contributed by atoms with Crippen LogP contribution in [0, 0.1) is 20.8 Å². The molecule has 0 bridgehead atoms. The number of H-pyrrole nitrogens is 1. The van der Waals surface area contributed by atoms with E-state index in [0.29, 0.717) is 0 Å². The zero-order valence-corrected chi connectivity index (χ0v) is 9.66. The predicted octanol–water partition coefficient (Wildman–Crippen LogP) is 2.36. The molecule has 16 heavy (non-hydrogen) atoms. The fourth-order valence-corrected chi connectivity index (χ4v) is 1.73. The maximum atomic E-state index is 11.3. The predicted molar refractivity (Wildman–Crippen MR) is 64.5 cm³/mol. The summed E-state index contributed by atoms with van der Waals surface area (Å²) in [6.45, 7) is 5.91. The molecule has 0 saturated carbocycles. The molecule has 0 aliphatic rings. The van der Waals surface area contributed by atoms with Crippen molar-refractivity contribution < 1.29 is 0 Å². The Hall–Kier alpha value is -1.90. The van der Waals surface area contributed by atoms with Crippen LogP contribution in [0.2, 0.25) is 0 Å². The lowest BCUT2D eigenvalue weighted by molar-refractivity contribution is 1.03. The van der Waals surface area contributed by atoms with Crippen molar-refractivity contribution in [1.82, 2.24) is 9.97 Å². The summed E-state index contributed by atoms with van der Waals surface area (Å²) in [5, 5.41) is 0. The maximum absolute atomic E-state index is 11.3. The summed E-state index contributed by atoms with van der Waals surface area (Å²) in [6, 6.07) is 8.04. The molecule has 0 aliphatic heterocycles. The highest BCUT2D eigenvalue weighted by atomic mass is 16.1. The molecule has 2 rings (SSSR count). The maximum Gasteiger partial charge on any atom is 0.345 e. The molecular formula is C13H14N2O. The van der Waals surface area contributed by atoms with Crippen molar-refractivity contribution in [2.45, 2.75) is 20.8 Å². The molecular weight excluding hydrogens is 200 g/mol. The summed E-state index contributed by atoms with van der Waals surface area (Å²) in [4.78, 5) is 18.0. The minimum absolute atomic E-state index is 0.295. The Labute approximate surface area is 94.2 Å². The van der Waals surface area contributed by atoms with E-state index in [2.05, 4.69) is 22.1 Å². The van der Waals surface area contributed by atoms with E-state index in [1.165, 1.54) is 5.56 Å². The molecule has 0 aliphatic carbocycles. The smallest absolute Gasteiger partial charge is 0.310 e. The number of benzene rings is 1. The Kier molecular flexibility index (Phi) is 2.60. The number of rotatable bonds is 1. The van der Waals surface area contributed by atoms with Crippen molar-refractivity contribution in [3.05, 3.63) is 51.6 Å². The second kappa shape index (κ2) is 3.93. The van der Waals surface area contributed by atoms with E-state index in [1.807, 2.05) is 32.9 Å². The van der Waals surface area contributed by atoms with Crippen molar-refractivity contribution in [2.24, 2.45) is 0 Å². The molecule has 2 aromatic rings. The van der Waals surface area contributed by atoms with Gasteiger partial charge >= 0.3 is 5.69 Å². The fraction of sp³-hybridized carbons (Fsp3) is 0.231. The molecule has 1 N–H and O–H groups in total. The molecule has 3 nitrogen and oxygen atoms in total. The zero-order valence-electron chi connectivity index (χ0n) is 9.66. The van der Waals surface area contributed by atoms with Crippen molar-refractivity contribution in [2.75, 3.05) is 0 Å². The van der Waals surface area contributed by atoms with Gasteiger partial charge < -0.3 is 4.98 Å². The van der Waals surface area contributed by atoms with Crippen molar-refractivity contribution in [3.8, 4) is 11.3 Å². The molecule has 0 saturated heterocycles. The van der Waals surface area contributed by atoms with E-state index in [4.69, 9.17) is 0 Å².